The molecule has 0 saturated carbocycles. The Balaban J connectivity index is 1.53. The molecule has 0 bridgehead atoms. The molecule has 0 N–H and O–H groups in total. The quantitative estimate of drug-likeness (QED) is 0.775. The first-order valence-electron chi connectivity index (χ1n) is 7.94. The molecule has 7 heteroatoms. The minimum Gasteiger partial charge on any atom is -0.336 e. The van der Waals surface area contributed by atoms with Gasteiger partial charge in [0.15, 0.2) is 0 Å². The number of hydrogen-bond donors (Lipinski definition) is 0. The molecule has 25 heavy (non-hydrogen) atoms. The normalized spacial score (nSPS) is 19.5. The highest BCUT2D eigenvalue weighted by Gasteiger charge is 2.43. The second kappa shape index (κ2) is 5.97. The number of amides is 3. The van der Waals surface area contributed by atoms with Crippen LogP contribution in [0.1, 0.15) is 37.6 Å². The van der Waals surface area contributed by atoms with Crippen molar-refractivity contribution in [2.24, 2.45) is 0 Å². The number of carbonyl (C=O) groups is 3. The van der Waals surface area contributed by atoms with Crippen molar-refractivity contribution in [1.82, 2.24) is 14.8 Å². The van der Waals surface area contributed by atoms with Crippen LogP contribution in [0.4, 0.5) is 0 Å². The summed E-state index contributed by atoms with van der Waals surface area (Å²) < 4.78 is 0. The molecule has 3 heterocycles. The van der Waals surface area contributed by atoms with Crippen molar-refractivity contribution >= 4 is 29.3 Å². The van der Waals surface area contributed by atoms with Crippen LogP contribution in [0.15, 0.2) is 42.6 Å². The molecule has 1 aromatic carbocycles. The van der Waals surface area contributed by atoms with E-state index in [1.165, 1.54) is 11.1 Å². The first-order chi connectivity index (χ1) is 12.1. The molecule has 0 radical (unpaired) electrons. The topological polar surface area (TPSA) is 70.6 Å². The van der Waals surface area contributed by atoms with Gasteiger partial charge < -0.3 is 4.90 Å². The van der Waals surface area contributed by atoms with Gasteiger partial charge in [0.25, 0.3) is 17.7 Å². The van der Waals surface area contributed by atoms with E-state index in [0.29, 0.717) is 35.7 Å². The van der Waals surface area contributed by atoms with Gasteiger partial charge in [0.1, 0.15) is 5.69 Å². The molecule has 1 unspecified atom stereocenters. The molecule has 2 aromatic rings. The van der Waals surface area contributed by atoms with Gasteiger partial charge in [-0.05, 0) is 36.8 Å². The summed E-state index contributed by atoms with van der Waals surface area (Å²) in [6.07, 6.45) is 2.05. The number of rotatable bonds is 2. The van der Waals surface area contributed by atoms with Crippen LogP contribution >= 0.6 is 11.6 Å². The lowest BCUT2D eigenvalue weighted by atomic mass is 10.2. The third kappa shape index (κ3) is 2.59. The highest BCUT2D eigenvalue weighted by Crippen LogP contribution is 2.27. The van der Waals surface area contributed by atoms with Crippen LogP contribution in [-0.4, -0.2) is 51.6 Å². The lowest BCUT2D eigenvalue weighted by Gasteiger charge is -2.22. The summed E-state index contributed by atoms with van der Waals surface area (Å²) in [7, 11) is 0. The second-order valence-electron chi connectivity index (χ2n) is 6.08. The number of aromatic nitrogens is 1. The first-order valence-corrected chi connectivity index (χ1v) is 8.32. The number of pyridine rings is 1. The van der Waals surface area contributed by atoms with Crippen molar-refractivity contribution in [2.45, 2.75) is 12.5 Å². The Hall–Kier alpha value is -2.73. The monoisotopic (exact) mass is 355 g/mol. The van der Waals surface area contributed by atoms with Gasteiger partial charge >= 0.3 is 0 Å². The number of benzene rings is 1. The number of nitrogens with zero attached hydrogens (tertiary/aromatic N) is 3. The maximum Gasteiger partial charge on any atom is 0.280 e. The largest absolute Gasteiger partial charge is 0.336 e. The molecule has 3 amide bonds. The lowest BCUT2D eigenvalue weighted by molar-refractivity contribution is 0.0573. The molecular formula is C18H14ClN3O3. The summed E-state index contributed by atoms with van der Waals surface area (Å²) in [5.41, 5.74) is 1.01. The molecule has 0 aliphatic carbocycles. The molecule has 1 atom stereocenters. The number of likely N-dealkylation sites (tertiary alicyclic amines) is 1. The van der Waals surface area contributed by atoms with E-state index in [1.807, 2.05) is 0 Å². The van der Waals surface area contributed by atoms with Gasteiger partial charge in [-0.25, -0.2) is 0 Å². The van der Waals surface area contributed by atoms with E-state index >= 15 is 0 Å². The van der Waals surface area contributed by atoms with Crippen LogP contribution in [0.5, 0.6) is 0 Å². The van der Waals surface area contributed by atoms with Crippen molar-refractivity contribution in [3.05, 3.63) is 64.4 Å². The van der Waals surface area contributed by atoms with Crippen LogP contribution in [0.25, 0.3) is 0 Å². The first kappa shape index (κ1) is 15.8. The highest BCUT2D eigenvalue weighted by atomic mass is 35.5. The molecule has 2 aliphatic rings. The molecular weight excluding hydrogens is 342 g/mol. The maximum absolute atomic E-state index is 12.6. The number of fused-ring (bicyclic) bond motifs is 1. The zero-order valence-corrected chi connectivity index (χ0v) is 13.9. The number of hydrogen-bond acceptors (Lipinski definition) is 4. The Morgan fingerprint density at radius 1 is 1.16 bits per heavy atom. The van der Waals surface area contributed by atoms with Crippen LogP contribution in [0.2, 0.25) is 5.02 Å². The van der Waals surface area contributed by atoms with Crippen molar-refractivity contribution in [3.63, 3.8) is 0 Å². The number of halogens is 1. The lowest BCUT2D eigenvalue weighted by Crippen LogP contribution is -2.42. The molecule has 1 fully saturated rings. The van der Waals surface area contributed by atoms with Gasteiger partial charge in [-0.3, -0.25) is 24.3 Å². The predicted molar refractivity (Wildman–Crippen MR) is 90.5 cm³/mol. The third-order valence-corrected chi connectivity index (χ3v) is 4.80. The predicted octanol–water partition coefficient (Wildman–Crippen LogP) is 2.25. The second-order valence-corrected chi connectivity index (χ2v) is 6.52. The standard InChI is InChI=1S/C18H14ClN3O3/c19-12-4-1-3-11(9-12)16(23)21-8-6-13(10-21)22-17(24)14-5-2-7-20-15(14)18(22)25/h1-5,7,9,13H,6,8,10H2. The molecule has 4 rings (SSSR count). The summed E-state index contributed by atoms with van der Waals surface area (Å²) in [4.78, 5) is 44.5. The van der Waals surface area contributed by atoms with Crippen molar-refractivity contribution in [1.29, 1.82) is 0 Å². The zero-order valence-electron chi connectivity index (χ0n) is 13.2. The third-order valence-electron chi connectivity index (χ3n) is 4.57. The summed E-state index contributed by atoms with van der Waals surface area (Å²) in [5.74, 6) is -0.877. The Labute approximate surface area is 149 Å². The maximum atomic E-state index is 12.6. The Kier molecular flexibility index (Phi) is 3.77. The Bertz CT molecular complexity index is 864. The Morgan fingerprint density at radius 2 is 2.00 bits per heavy atom. The number of imide groups is 1. The van der Waals surface area contributed by atoms with E-state index in [0.717, 1.165) is 0 Å². The van der Waals surface area contributed by atoms with Crippen molar-refractivity contribution in [3.8, 4) is 0 Å². The van der Waals surface area contributed by atoms with E-state index in [4.69, 9.17) is 11.6 Å². The summed E-state index contributed by atoms with van der Waals surface area (Å²) in [6, 6.07) is 9.65. The van der Waals surface area contributed by atoms with Gasteiger partial charge in [-0.1, -0.05) is 17.7 Å². The SMILES string of the molecule is O=C(c1cccc(Cl)c1)N1CCC(N2C(=O)c3cccnc3C2=O)C1. The van der Waals surface area contributed by atoms with E-state index in [-0.39, 0.29) is 29.5 Å². The smallest absolute Gasteiger partial charge is 0.280 e. The average molecular weight is 356 g/mol. The van der Waals surface area contributed by atoms with Crippen molar-refractivity contribution in [2.75, 3.05) is 13.1 Å². The van der Waals surface area contributed by atoms with Crippen LogP contribution in [0.3, 0.4) is 0 Å². The molecule has 2 aliphatic heterocycles. The highest BCUT2D eigenvalue weighted by molar-refractivity contribution is 6.31. The van der Waals surface area contributed by atoms with E-state index in [1.54, 1.807) is 41.3 Å². The van der Waals surface area contributed by atoms with E-state index in [9.17, 15) is 14.4 Å². The van der Waals surface area contributed by atoms with Gasteiger partial charge in [0.2, 0.25) is 0 Å². The van der Waals surface area contributed by atoms with E-state index in [2.05, 4.69) is 4.98 Å². The average Bonchev–Trinajstić information content (AvgIpc) is 3.19. The summed E-state index contributed by atoms with van der Waals surface area (Å²) >= 11 is 5.94. The van der Waals surface area contributed by atoms with Gasteiger partial charge in [-0.2, -0.15) is 0 Å². The van der Waals surface area contributed by atoms with Gasteiger partial charge in [-0.15, -0.1) is 0 Å². The fourth-order valence-corrected chi connectivity index (χ4v) is 3.55. The molecule has 1 aromatic heterocycles. The van der Waals surface area contributed by atoms with Gasteiger partial charge in [0, 0.05) is 29.9 Å². The van der Waals surface area contributed by atoms with E-state index < -0.39 is 0 Å². The molecule has 126 valence electrons. The summed E-state index contributed by atoms with van der Waals surface area (Å²) in [5, 5.41) is 0.494. The van der Waals surface area contributed by atoms with Crippen LogP contribution in [0, 0.1) is 0 Å². The zero-order chi connectivity index (χ0) is 17.6. The van der Waals surface area contributed by atoms with Crippen molar-refractivity contribution < 1.29 is 14.4 Å². The Morgan fingerprint density at radius 3 is 2.76 bits per heavy atom. The fraction of sp³-hybridized carbons (Fsp3) is 0.222. The fourth-order valence-electron chi connectivity index (χ4n) is 3.36. The van der Waals surface area contributed by atoms with Crippen LogP contribution in [-0.2, 0) is 0 Å². The minimum absolute atomic E-state index is 0.153. The molecule has 6 nitrogen and oxygen atoms in total. The summed E-state index contributed by atoms with van der Waals surface area (Å²) in [6.45, 7) is 0.799. The molecule has 0 spiro atoms. The molecule has 1 saturated heterocycles. The minimum atomic E-state index is -0.386. The van der Waals surface area contributed by atoms with Gasteiger partial charge in [0.05, 0.1) is 11.6 Å². The van der Waals surface area contributed by atoms with Crippen LogP contribution < -0.4 is 0 Å². The number of carbonyl (C=O) groups excluding carboxylic acids is 3.